The minimum Gasteiger partial charge on any atom is -0.434 e. The third-order valence-electron chi connectivity index (χ3n) is 5.98. The summed E-state index contributed by atoms with van der Waals surface area (Å²) in [5, 5.41) is 5.25. The molecule has 3 heteroatoms. The van der Waals surface area contributed by atoms with Crippen LogP contribution in [0.3, 0.4) is 0 Å². The van der Waals surface area contributed by atoms with E-state index in [9.17, 15) is 4.79 Å². The van der Waals surface area contributed by atoms with Crippen molar-refractivity contribution in [1.29, 1.82) is 0 Å². The number of esters is 1. The van der Waals surface area contributed by atoms with Gasteiger partial charge in [-0.3, -0.25) is 0 Å². The van der Waals surface area contributed by atoms with Gasteiger partial charge in [-0.25, -0.2) is 4.79 Å². The Bertz CT molecular complexity index is 1260. The zero-order valence-electron chi connectivity index (χ0n) is 16.4. The summed E-state index contributed by atoms with van der Waals surface area (Å²) in [6.07, 6.45) is 4.50. The van der Waals surface area contributed by atoms with E-state index < -0.39 is 5.97 Å². The third-order valence-corrected chi connectivity index (χ3v) is 5.98. The van der Waals surface area contributed by atoms with Crippen LogP contribution in [-0.2, 0) is 17.6 Å². The molecule has 3 aromatic carbocycles. The zero-order valence-corrected chi connectivity index (χ0v) is 16.4. The van der Waals surface area contributed by atoms with Crippen LogP contribution in [0.1, 0.15) is 36.0 Å². The molecule has 5 rings (SSSR count). The average molecular weight is 382 g/mol. The molecule has 1 aromatic heterocycles. The quantitative estimate of drug-likeness (QED) is 0.236. The summed E-state index contributed by atoms with van der Waals surface area (Å²) < 4.78 is 10.9. The first kappa shape index (κ1) is 17.7. The van der Waals surface area contributed by atoms with Crippen molar-refractivity contribution in [3.05, 3.63) is 89.7 Å². The zero-order chi connectivity index (χ0) is 20.0. The SMILES string of the molecule is C=C(C)C(=O)Oc1occc1C1CCc2c(ccc3c2ccc2ccccc23)C1. The number of carbonyl (C=O) groups excluding carboxylic acids is 1. The summed E-state index contributed by atoms with van der Waals surface area (Å²) in [6.45, 7) is 5.28. The van der Waals surface area contributed by atoms with Gasteiger partial charge in [-0.05, 0) is 70.8 Å². The molecule has 3 nitrogen and oxygen atoms in total. The fraction of sp³-hybridized carbons (Fsp3) is 0.192. The van der Waals surface area contributed by atoms with Gasteiger partial charge in [0.15, 0.2) is 0 Å². The summed E-state index contributed by atoms with van der Waals surface area (Å²) in [4.78, 5) is 11.9. The van der Waals surface area contributed by atoms with Gasteiger partial charge < -0.3 is 9.15 Å². The Hall–Kier alpha value is -3.33. The summed E-state index contributed by atoms with van der Waals surface area (Å²) >= 11 is 0. The van der Waals surface area contributed by atoms with Crippen molar-refractivity contribution in [2.75, 3.05) is 0 Å². The first-order valence-electron chi connectivity index (χ1n) is 9.99. The number of benzene rings is 3. The molecule has 1 unspecified atom stereocenters. The predicted molar refractivity (Wildman–Crippen MR) is 115 cm³/mol. The molecule has 0 saturated heterocycles. The number of hydrogen-bond acceptors (Lipinski definition) is 3. The lowest BCUT2D eigenvalue weighted by atomic mass is 9.78. The Morgan fingerprint density at radius 2 is 1.86 bits per heavy atom. The van der Waals surface area contributed by atoms with Crippen LogP contribution in [0.5, 0.6) is 5.95 Å². The lowest BCUT2D eigenvalue weighted by molar-refractivity contribution is -0.131. The van der Waals surface area contributed by atoms with Crippen molar-refractivity contribution in [3.63, 3.8) is 0 Å². The molecule has 0 saturated carbocycles. The molecule has 0 spiro atoms. The maximum atomic E-state index is 11.9. The maximum absolute atomic E-state index is 11.9. The van der Waals surface area contributed by atoms with Gasteiger partial charge in [-0.1, -0.05) is 55.1 Å². The number of aryl methyl sites for hydroxylation is 1. The first-order chi connectivity index (χ1) is 14.1. The molecule has 4 aromatic rings. The van der Waals surface area contributed by atoms with E-state index in [2.05, 4.69) is 55.1 Å². The fourth-order valence-electron chi connectivity index (χ4n) is 4.50. The second-order valence-corrected chi connectivity index (χ2v) is 7.86. The summed E-state index contributed by atoms with van der Waals surface area (Å²) in [6, 6.07) is 19.5. The second kappa shape index (κ2) is 6.93. The minimum absolute atomic E-state index is 0.270. The van der Waals surface area contributed by atoms with Crippen molar-refractivity contribution in [3.8, 4) is 5.95 Å². The number of fused-ring (bicyclic) bond motifs is 5. The highest BCUT2D eigenvalue weighted by Gasteiger charge is 2.27. The van der Waals surface area contributed by atoms with Crippen LogP contribution in [-0.4, -0.2) is 5.97 Å². The average Bonchev–Trinajstić information content (AvgIpc) is 3.20. The summed E-state index contributed by atoms with van der Waals surface area (Å²) in [5.41, 5.74) is 4.12. The Balaban J connectivity index is 1.50. The van der Waals surface area contributed by atoms with E-state index in [4.69, 9.17) is 9.15 Å². The number of rotatable bonds is 3. The second-order valence-electron chi connectivity index (χ2n) is 7.86. The Morgan fingerprint density at radius 3 is 2.72 bits per heavy atom. The Morgan fingerprint density at radius 1 is 1.03 bits per heavy atom. The van der Waals surface area contributed by atoms with Gasteiger partial charge in [0, 0.05) is 11.1 Å². The Kier molecular flexibility index (Phi) is 4.24. The molecule has 1 aliphatic carbocycles. The summed E-state index contributed by atoms with van der Waals surface area (Å²) in [5.74, 6) is 0.126. The molecule has 1 aliphatic rings. The Labute approximate surface area is 169 Å². The molecule has 0 radical (unpaired) electrons. The van der Waals surface area contributed by atoms with Gasteiger partial charge >= 0.3 is 5.97 Å². The lowest BCUT2D eigenvalue weighted by Gasteiger charge is -2.26. The van der Waals surface area contributed by atoms with Crippen LogP contribution in [0.2, 0.25) is 0 Å². The predicted octanol–water partition coefficient (Wildman–Crippen LogP) is 6.34. The largest absolute Gasteiger partial charge is 0.434 e. The van der Waals surface area contributed by atoms with Crippen LogP contribution >= 0.6 is 0 Å². The van der Waals surface area contributed by atoms with Crippen molar-refractivity contribution < 1.29 is 13.9 Å². The van der Waals surface area contributed by atoms with Gasteiger partial charge in [0.1, 0.15) is 0 Å². The van der Waals surface area contributed by atoms with Crippen molar-refractivity contribution in [2.45, 2.75) is 32.1 Å². The number of hydrogen-bond donors (Lipinski definition) is 0. The molecule has 0 aliphatic heterocycles. The summed E-state index contributed by atoms with van der Waals surface area (Å²) in [7, 11) is 0. The van der Waals surface area contributed by atoms with E-state index in [0.29, 0.717) is 11.5 Å². The van der Waals surface area contributed by atoms with E-state index >= 15 is 0 Å². The highest BCUT2D eigenvalue weighted by Crippen LogP contribution is 2.41. The van der Waals surface area contributed by atoms with E-state index in [0.717, 1.165) is 24.8 Å². The van der Waals surface area contributed by atoms with Gasteiger partial charge in [-0.2, -0.15) is 0 Å². The number of furan rings is 1. The molecule has 29 heavy (non-hydrogen) atoms. The van der Waals surface area contributed by atoms with E-state index in [1.807, 2.05) is 6.07 Å². The molecule has 1 heterocycles. The van der Waals surface area contributed by atoms with Gasteiger partial charge in [0.25, 0.3) is 5.95 Å². The van der Waals surface area contributed by atoms with Crippen molar-refractivity contribution in [1.82, 2.24) is 0 Å². The minimum atomic E-state index is -0.449. The third kappa shape index (κ3) is 3.03. The lowest BCUT2D eigenvalue weighted by Crippen LogP contribution is -2.15. The van der Waals surface area contributed by atoms with E-state index in [1.165, 1.54) is 32.7 Å². The number of ether oxygens (including phenoxy) is 1. The molecule has 1 atom stereocenters. The van der Waals surface area contributed by atoms with Gasteiger partial charge in [0.05, 0.1) is 6.26 Å². The monoisotopic (exact) mass is 382 g/mol. The normalized spacial score (nSPS) is 16.0. The van der Waals surface area contributed by atoms with E-state index in [1.54, 1.807) is 13.2 Å². The smallest absolute Gasteiger partial charge is 0.340 e. The van der Waals surface area contributed by atoms with E-state index in [-0.39, 0.29) is 5.92 Å². The maximum Gasteiger partial charge on any atom is 0.340 e. The molecular formula is C26H22O3. The standard InChI is InChI=1S/C26H22O3/c1-16(2)25(27)29-26-22(13-14-28-26)19-8-10-21-18(15-19)9-12-23-20-6-4-3-5-17(20)7-11-24(21)23/h3-7,9,11-14,19H,1,8,10,15H2,2H3. The fourth-order valence-corrected chi connectivity index (χ4v) is 4.50. The molecular weight excluding hydrogens is 360 g/mol. The molecule has 0 amide bonds. The molecule has 144 valence electrons. The van der Waals surface area contributed by atoms with Crippen LogP contribution in [0.4, 0.5) is 0 Å². The first-order valence-corrected chi connectivity index (χ1v) is 9.99. The van der Waals surface area contributed by atoms with Crippen LogP contribution < -0.4 is 4.74 Å². The van der Waals surface area contributed by atoms with Crippen molar-refractivity contribution in [2.24, 2.45) is 0 Å². The van der Waals surface area contributed by atoms with Crippen molar-refractivity contribution >= 4 is 27.5 Å². The van der Waals surface area contributed by atoms with Crippen LogP contribution in [0.25, 0.3) is 21.5 Å². The molecule has 0 N–H and O–H groups in total. The van der Waals surface area contributed by atoms with Gasteiger partial charge in [0.2, 0.25) is 0 Å². The van der Waals surface area contributed by atoms with Gasteiger partial charge in [-0.15, -0.1) is 0 Å². The topological polar surface area (TPSA) is 39.4 Å². The highest BCUT2D eigenvalue weighted by molar-refractivity contribution is 6.08. The molecule has 0 fully saturated rings. The number of carbonyl (C=O) groups is 1. The highest BCUT2D eigenvalue weighted by atomic mass is 16.6. The molecule has 0 bridgehead atoms. The van der Waals surface area contributed by atoms with Crippen LogP contribution in [0, 0.1) is 0 Å². The van der Waals surface area contributed by atoms with Crippen LogP contribution in [0.15, 0.2) is 77.4 Å².